The van der Waals surface area contributed by atoms with Crippen LogP contribution in [0.2, 0.25) is 0 Å². The second-order valence-corrected chi connectivity index (χ2v) is 7.11. The monoisotopic (exact) mass is 450 g/mol. The molecule has 0 spiro atoms. The van der Waals surface area contributed by atoms with Gasteiger partial charge < -0.3 is 19.5 Å². The van der Waals surface area contributed by atoms with Crippen LogP contribution >= 0.6 is 11.6 Å². The number of rotatable bonds is 7. The molecule has 0 aromatic heterocycles. The van der Waals surface area contributed by atoms with Gasteiger partial charge in [0, 0.05) is 6.07 Å². The Labute approximate surface area is 189 Å². The van der Waals surface area contributed by atoms with Gasteiger partial charge in [-0.1, -0.05) is 29.8 Å². The van der Waals surface area contributed by atoms with Crippen LogP contribution in [0.15, 0.2) is 83.5 Å². The van der Waals surface area contributed by atoms with Crippen LogP contribution in [-0.2, 0) is 9.59 Å². The lowest BCUT2D eigenvalue weighted by Gasteiger charge is -2.16. The fourth-order valence-electron chi connectivity index (χ4n) is 3.17. The lowest BCUT2D eigenvalue weighted by Crippen LogP contribution is -2.32. The van der Waals surface area contributed by atoms with Crippen molar-refractivity contribution in [1.82, 2.24) is 0 Å². The lowest BCUT2D eigenvalue weighted by atomic mass is 10.2. The number of anilines is 2. The number of carbonyl (C=O) groups excluding carboxylic acids is 2. The molecule has 2 amide bonds. The number of benzene rings is 3. The summed E-state index contributed by atoms with van der Waals surface area (Å²) in [6.07, 6.45) is 0. The minimum Gasteiger partial charge on any atom is -0.497 e. The highest BCUT2D eigenvalue weighted by atomic mass is 35.5. The third-order valence-corrected chi connectivity index (χ3v) is 5.12. The summed E-state index contributed by atoms with van der Waals surface area (Å²) >= 11 is 6.23. The Kier molecular flexibility index (Phi) is 6.00. The molecule has 162 valence electrons. The van der Waals surface area contributed by atoms with Gasteiger partial charge in [-0.2, -0.15) is 0 Å². The van der Waals surface area contributed by atoms with Gasteiger partial charge in [-0.25, -0.2) is 4.90 Å². The quantitative estimate of drug-likeness (QED) is 0.514. The summed E-state index contributed by atoms with van der Waals surface area (Å²) in [6.45, 7) is 0. The molecule has 0 aliphatic carbocycles. The summed E-state index contributed by atoms with van der Waals surface area (Å²) < 4.78 is 16.3. The van der Waals surface area contributed by atoms with E-state index in [4.69, 9.17) is 25.8 Å². The number of amides is 2. The molecule has 0 saturated carbocycles. The summed E-state index contributed by atoms with van der Waals surface area (Å²) in [5.41, 5.74) is 0.804. The molecular weight excluding hydrogens is 432 g/mol. The van der Waals surface area contributed by atoms with Gasteiger partial charge in [0.15, 0.2) is 0 Å². The number of nitrogens with one attached hydrogen (secondary N) is 1. The molecule has 3 aromatic rings. The zero-order valence-corrected chi connectivity index (χ0v) is 18.1. The van der Waals surface area contributed by atoms with Crippen molar-refractivity contribution in [3.8, 4) is 23.0 Å². The first-order chi connectivity index (χ1) is 15.5. The first kappa shape index (κ1) is 21.3. The molecule has 0 fully saturated rings. The fraction of sp³-hybridized carbons (Fsp3) is 0.0833. The van der Waals surface area contributed by atoms with Gasteiger partial charge in [0.1, 0.15) is 33.7 Å². The third-order valence-electron chi connectivity index (χ3n) is 4.77. The number of nitrogens with zero attached hydrogens (tertiary/aromatic N) is 1. The van der Waals surface area contributed by atoms with Crippen LogP contribution in [0.5, 0.6) is 23.0 Å². The molecule has 1 heterocycles. The van der Waals surface area contributed by atoms with E-state index < -0.39 is 11.8 Å². The topological polar surface area (TPSA) is 77.1 Å². The summed E-state index contributed by atoms with van der Waals surface area (Å²) in [5.74, 6) is 1.07. The van der Waals surface area contributed by atoms with Crippen molar-refractivity contribution < 1.29 is 23.8 Å². The molecule has 0 unspecified atom stereocenters. The number of ether oxygens (including phenoxy) is 3. The van der Waals surface area contributed by atoms with E-state index in [1.807, 2.05) is 30.3 Å². The normalized spacial score (nSPS) is 13.4. The van der Waals surface area contributed by atoms with Gasteiger partial charge in [0.25, 0.3) is 11.8 Å². The van der Waals surface area contributed by atoms with E-state index in [-0.39, 0.29) is 10.7 Å². The second-order valence-electron chi connectivity index (χ2n) is 6.73. The highest BCUT2D eigenvalue weighted by Crippen LogP contribution is 2.35. The first-order valence-electron chi connectivity index (χ1n) is 9.62. The molecular formula is C24H19ClN2O5. The van der Waals surface area contributed by atoms with Crippen LogP contribution < -0.4 is 24.4 Å². The van der Waals surface area contributed by atoms with Crippen molar-refractivity contribution in [3.63, 3.8) is 0 Å². The Hall–Kier alpha value is -3.97. The van der Waals surface area contributed by atoms with E-state index in [9.17, 15) is 9.59 Å². The molecule has 0 radical (unpaired) electrons. The van der Waals surface area contributed by atoms with Crippen LogP contribution in [0, 0.1) is 0 Å². The van der Waals surface area contributed by atoms with E-state index >= 15 is 0 Å². The Balaban J connectivity index is 1.54. The molecule has 1 aliphatic heterocycles. The molecule has 7 nitrogen and oxygen atoms in total. The lowest BCUT2D eigenvalue weighted by molar-refractivity contribution is -0.120. The van der Waals surface area contributed by atoms with Crippen LogP contribution in [0.25, 0.3) is 0 Å². The van der Waals surface area contributed by atoms with Crippen molar-refractivity contribution in [2.75, 3.05) is 24.4 Å². The number of para-hydroxylation sites is 1. The average molecular weight is 451 g/mol. The molecule has 0 saturated heterocycles. The van der Waals surface area contributed by atoms with Gasteiger partial charge in [0.2, 0.25) is 0 Å². The Morgan fingerprint density at radius 2 is 1.44 bits per heavy atom. The number of halogens is 1. The zero-order valence-electron chi connectivity index (χ0n) is 17.3. The van der Waals surface area contributed by atoms with Crippen molar-refractivity contribution in [2.45, 2.75) is 0 Å². The van der Waals surface area contributed by atoms with Crippen LogP contribution in [0.1, 0.15) is 0 Å². The van der Waals surface area contributed by atoms with E-state index in [2.05, 4.69) is 5.32 Å². The third kappa shape index (κ3) is 4.10. The summed E-state index contributed by atoms with van der Waals surface area (Å²) in [7, 11) is 3.03. The van der Waals surface area contributed by atoms with E-state index in [0.717, 1.165) is 4.90 Å². The van der Waals surface area contributed by atoms with Crippen LogP contribution in [0.3, 0.4) is 0 Å². The van der Waals surface area contributed by atoms with Crippen molar-refractivity contribution in [2.24, 2.45) is 0 Å². The summed E-state index contributed by atoms with van der Waals surface area (Å²) in [5, 5.41) is 2.71. The maximum absolute atomic E-state index is 13.0. The predicted octanol–water partition coefficient (Wildman–Crippen LogP) is 4.93. The number of carbonyl (C=O) groups is 2. The summed E-state index contributed by atoms with van der Waals surface area (Å²) in [6, 6.07) is 20.9. The van der Waals surface area contributed by atoms with E-state index in [0.29, 0.717) is 34.4 Å². The zero-order chi connectivity index (χ0) is 22.7. The van der Waals surface area contributed by atoms with E-state index in [1.54, 1.807) is 42.5 Å². The van der Waals surface area contributed by atoms with Crippen molar-refractivity contribution >= 4 is 34.8 Å². The smallest absolute Gasteiger partial charge is 0.283 e. The average Bonchev–Trinajstić information content (AvgIpc) is 3.03. The summed E-state index contributed by atoms with van der Waals surface area (Å²) in [4.78, 5) is 26.8. The Morgan fingerprint density at radius 3 is 2.09 bits per heavy atom. The first-order valence-corrected chi connectivity index (χ1v) is 10.00. The maximum atomic E-state index is 13.0. The number of hydrogen-bond acceptors (Lipinski definition) is 6. The largest absolute Gasteiger partial charge is 0.497 e. The van der Waals surface area contributed by atoms with Gasteiger partial charge in [0.05, 0.1) is 25.6 Å². The number of methoxy groups -OCH3 is 2. The highest BCUT2D eigenvalue weighted by Gasteiger charge is 2.39. The molecule has 1 N–H and O–H groups in total. The van der Waals surface area contributed by atoms with Gasteiger partial charge >= 0.3 is 0 Å². The molecule has 1 aliphatic rings. The van der Waals surface area contributed by atoms with E-state index in [1.165, 1.54) is 14.2 Å². The molecule has 0 bridgehead atoms. The molecule has 3 aromatic carbocycles. The molecule has 4 rings (SSSR count). The Morgan fingerprint density at radius 1 is 0.781 bits per heavy atom. The maximum Gasteiger partial charge on any atom is 0.283 e. The fourth-order valence-corrected chi connectivity index (χ4v) is 3.38. The standard InChI is InChI=1S/C24H19ClN2O5/c1-30-18-12-13-19(20(14-18)31-2)26-22-21(25)23(28)27(24(22)29)15-8-10-17(11-9-15)32-16-6-4-3-5-7-16/h3-14,26H,1-2H3. The van der Waals surface area contributed by atoms with Crippen molar-refractivity contribution in [1.29, 1.82) is 0 Å². The molecule has 0 atom stereocenters. The molecule has 32 heavy (non-hydrogen) atoms. The highest BCUT2D eigenvalue weighted by molar-refractivity contribution is 6.53. The minimum atomic E-state index is -0.622. The predicted molar refractivity (Wildman–Crippen MR) is 121 cm³/mol. The van der Waals surface area contributed by atoms with Crippen LogP contribution in [-0.4, -0.2) is 26.0 Å². The Bertz CT molecular complexity index is 1190. The van der Waals surface area contributed by atoms with Gasteiger partial charge in [-0.15, -0.1) is 0 Å². The number of hydrogen-bond donors (Lipinski definition) is 1. The second kappa shape index (κ2) is 9.03. The SMILES string of the molecule is COc1ccc(NC2=C(Cl)C(=O)N(c3ccc(Oc4ccccc4)cc3)C2=O)c(OC)c1. The number of imide groups is 1. The molecule has 8 heteroatoms. The minimum absolute atomic E-state index is 0.0373. The van der Waals surface area contributed by atoms with Gasteiger partial charge in [-0.05, 0) is 48.5 Å². The van der Waals surface area contributed by atoms with Crippen LogP contribution in [0.4, 0.5) is 11.4 Å². The van der Waals surface area contributed by atoms with Gasteiger partial charge in [-0.3, -0.25) is 9.59 Å². The van der Waals surface area contributed by atoms with Crippen molar-refractivity contribution in [3.05, 3.63) is 83.5 Å².